The summed E-state index contributed by atoms with van der Waals surface area (Å²) in [4.78, 5) is 11.0. The summed E-state index contributed by atoms with van der Waals surface area (Å²) in [5, 5.41) is 18.4. The Morgan fingerprint density at radius 1 is 1.03 bits per heavy atom. The normalized spacial score (nSPS) is 12.4. The number of nitrogens with one attached hydrogen (secondary N) is 4. The van der Waals surface area contributed by atoms with E-state index in [2.05, 4.69) is 54.1 Å². The first-order chi connectivity index (χ1) is 14.7. The maximum atomic E-state index is 11.0. The van der Waals surface area contributed by atoms with E-state index in [1.54, 1.807) is 0 Å². The first kappa shape index (κ1) is 23.5. The number of hydrogen-bond acceptors (Lipinski definition) is 4. The van der Waals surface area contributed by atoms with E-state index in [0.717, 1.165) is 78.2 Å². The Morgan fingerprint density at radius 3 is 2.37 bits per heavy atom. The zero-order valence-electron chi connectivity index (χ0n) is 18.8. The van der Waals surface area contributed by atoms with E-state index in [1.807, 2.05) is 26.0 Å². The van der Waals surface area contributed by atoms with E-state index in [-0.39, 0.29) is 0 Å². The van der Waals surface area contributed by atoms with Crippen LogP contribution in [0.15, 0.2) is 36.4 Å². The number of benzene rings is 2. The lowest BCUT2D eigenvalue weighted by molar-refractivity contribution is -0.105. The Bertz CT molecular complexity index is 843. The molecule has 5 heteroatoms. The molecule has 0 radical (unpaired) electrons. The Hall–Kier alpha value is -2.82. The molecule has 2 aromatic carbocycles. The topological polar surface area (TPSA) is 77.0 Å². The quantitative estimate of drug-likeness (QED) is 0.258. The van der Waals surface area contributed by atoms with Crippen LogP contribution in [0, 0.1) is 11.3 Å². The van der Waals surface area contributed by atoms with E-state index < -0.39 is 0 Å². The monoisotopic (exact) mass is 408 g/mol. The second-order valence-corrected chi connectivity index (χ2v) is 7.29. The molecular weight excluding hydrogens is 372 g/mol. The summed E-state index contributed by atoms with van der Waals surface area (Å²) in [5.74, 6) is 0.387. The number of amides is 1. The van der Waals surface area contributed by atoms with Crippen molar-refractivity contribution in [3.8, 4) is 11.1 Å². The standard InChI is InChI=1S/C23H30N4O.C2H6/c1-3-12-25-20-11-10-17(14-19(20)22(24)16-8-9-16)18-6-5-7-21(27-15-28)23(18)26-13-4-2;1-2/h5-7,10-11,14-16,24-26H,3-4,8-9,12-13H2,1-2H3,(H,27,28);1-2H3. The van der Waals surface area contributed by atoms with Gasteiger partial charge in [0, 0.05) is 41.5 Å². The summed E-state index contributed by atoms with van der Waals surface area (Å²) < 4.78 is 0. The average Bonchev–Trinajstić information content (AvgIpc) is 3.63. The summed E-state index contributed by atoms with van der Waals surface area (Å²) in [6, 6.07) is 12.2. The largest absolute Gasteiger partial charge is 0.385 e. The van der Waals surface area contributed by atoms with E-state index in [4.69, 9.17) is 5.41 Å². The number of carbonyl (C=O) groups is 1. The molecule has 0 aliphatic heterocycles. The fraction of sp³-hybridized carbons (Fsp3) is 0.440. The van der Waals surface area contributed by atoms with Gasteiger partial charge in [-0.15, -0.1) is 0 Å². The van der Waals surface area contributed by atoms with Crippen LogP contribution >= 0.6 is 0 Å². The van der Waals surface area contributed by atoms with Gasteiger partial charge >= 0.3 is 0 Å². The van der Waals surface area contributed by atoms with Crippen molar-refractivity contribution in [1.29, 1.82) is 5.41 Å². The molecule has 0 heterocycles. The molecule has 0 spiro atoms. The molecule has 3 rings (SSSR count). The van der Waals surface area contributed by atoms with Gasteiger partial charge in [0.05, 0.1) is 11.4 Å². The first-order valence-electron chi connectivity index (χ1n) is 11.2. The third-order valence-corrected chi connectivity index (χ3v) is 5.00. The van der Waals surface area contributed by atoms with E-state index in [0.29, 0.717) is 12.3 Å². The number of hydrogen-bond donors (Lipinski definition) is 4. The predicted molar refractivity (Wildman–Crippen MR) is 130 cm³/mol. The Kier molecular flexibility index (Phi) is 9.39. The zero-order valence-corrected chi connectivity index (χ0v) is 18.8. The second kappa shape index (κ2) is 12.0. The Morgan fingerprint density at radius 2 is 1.73 bits per heavy atom. The van der Waals surface area contributed by atoms with Crippen molar-refractivity contribution in [3.63, 3.8) is 0 Å². The Labute approximate surface area is 181 Å². The third kappa shape index (κ3) is 5.85. The van der Waals surface area contributed by atoms with Crippen LogP contribution in [-0.2, 0) is 4.79 Å². The molecular formula is C25H36N4O. The van der Waals surface area contributed by atoms with Gasteiger partial charge in [-0.1, -0.05) is 45.9 Å². The van der Waals surface area contributed by atoms with E-state index in [1.165, 1.54) is 0 Å². The van der Waals surface area contributed by atoms with Crippen molar-refractivity contribution in [2.45, 2.75) is 53.4 Å². The molecule has 1 amide bonds. The molecule has 1 fully saturated rings. The molecule has 1 saturated carbocycles. The Balaban J connectivity index is 0.00000155. The van der Waals surface area contributed by atoms with Gasteiger partial charge in [-0.25, -0.2) is 0 Å². The average molecular weight is 409 g/mol. The summed E-state index contributed by atoms with van der Waals surface area (Å²) in [6.07, 6.45) is 4.97. The first-order valence-corrected chi connectivity index (χ1v) is 11.2. The zero-order chi connectivity index (χ0) is 21.9. The number of carbonyl (C=O) groups excluding carboxylic acids is 1. The van der Waals surface area contributed by atoms with Crippen LogP contribution in [0.5, 0.6) is 0 Å². The van der Waals surface area contributed by atoms with Crippen LogP contribution in [0.25, 0.3) is 11.1 Å². The van der Waals surface area contributed by atoms with E-state index in [9.17, 15) is 4.79 Å². The third-order valence-electron chi connectivity index (χ3n) is 5.00. The molecule has 0 aromatic heterocycles. The summed E-state index contributed by atoms with van der Waals surface area (Å²) in [7, 11) is 0. The maximum Gasteiger partial charge on any atom is 0.211 e. The van der Waals surface area contributed by atoms with Gasteiger partial charge in [-0.05, 0) is 49.4 Å². The molecule has 0 bridgehead atoms. The lowest BCUT2D eigenvalue weighted by atomic mass is 9.95. The van der Waals surface area contributed by atoms with Crippen LogP contribution in [-0.4, -0.2) is 25.2 Å². The molecule has 5 nitrogen and oxygen atoms in total. The fourth-order valence-corrected chi connectivity index (χ4v) is 3.36. The van der Waals surface area contributed by atoms with Crippen molar-refractivity contribution >= 4 is 29.2 Å². The number of rotatable bonds is 11. The highest BCUT2D eigenvalue weighted by Crippen LogP contribution is 2.39. The smallest absolute Gasteiger partial charge is 0.211 e. The van der Waals surface area contributed by atoms with Gasteiger partial charge in [0.2, 0.25) is 6.41 Å². The summed E-state index contributed by atoms with van der Waals surface area (Å²) in [5.41, 5.74) is 6.53. The van der Waals surface area contributed by atoms with Gasteiger partial charge in [0.1, 0.15) is 0 Å². The van der Waals surface area contributed by atoms with E-state index >= 15 is 0 Å². The highest BCUT2D eigenvalue weighted by atomic mass is 16.1. The number of anilines is 3. The van der Waals surface area contributed by atoms with Crippen molar-refractivity contribution in [2.75, 3.05) is 29.0 Å². The lowest BCUT2D eigenvalue weighted by Gasteiger charge is -2.18. The minimum Gasteiger partial charge on any atom is -0.385 e. The van der Waals surface area contributed by atoms with Gasteiger partial charge in [0.25, 0.3) is 0 Å². The van der Waals surface area contributed by atoms with Crippen molar-refractivity contribution in [2.24, 2.45) is 5.92 Å². The molecule has 0 unspecified atom stereocenters. The molecule has 0 atom stereocenters. The second-order valence-electron chi connectivity index (χ2n) is 7.29. The molecule has 2 aromatic rings. The van der Waals surface area contributed by atoms with Crippen LogP contribution in [0.4, 0.5) is 17.1 Å². The molecule has 162 valence electrons. The fourth-order valence-electron chi connectivity index (χ4n) is 3.36. The van der Waals surface area contributed by atoms with Crippen LogP contribution in [0.3, 0.4) is 0 Å². The highest BCUT2D eigenvalue weighted by molar-refractivity contribution is 6.07. The van der Waals surface area contributed by atoms with Gasteiger partial charge in [0.15, 0.2) is 0 Å². The molecule has 1 aliphatic rings. The maximum absolute atomic E-state index is 11.0. The minimum atomic E-state index is 0.387. The van der Waals surface area contributed by atoms with Gasteiger partial charge in [-0.3, -0.25) is 4.79 Å². The lowest BCUT2D eigenvalue weighted by Crippen LogP contribution is -2.10. The molecule has 0 saturated heterocycles. The molecule has 4 N–H and O–H groups in total. The van der Waals surface area contributed by atoms with Crippen molar-refractivity contribution in [3.05, 3.63) is 42.0 Å². The van der Waals surface area contributed by atoms with Gasteiger partial charge < -0.3 is 21.4 Å². The molecule has 30 heavy (non-hydrogen) atoms. The number of para-hydroxylation sites is 1. The SMILES string of the molecule is CC.CCCNc1ccc(-c2cccc(NC=O)c2NCCC)cc1C(=N)C1CC1. The van der Waals surface area contributed by atoms with Crippen LogP contribution < -0.4 is 16.0 Å². The summed E-state index contributed by atoms with van der Waals surface area (Å²) in [6.45, 7) is 9.98. The van der Waals surface area contributed by atoms with Crippen molar-refractivity contribution < 1.29 is 4.79 Å². The van der Waals surface area contributed by atoms with Gasteiger partial charge in [-0.2, -0.15) is 0 Å². The van der Waals surface area contributed by atoms with Crippen molar-refractivity contribution in [1.82, 2.24) is 0 Å². The predicted octanol–water partition coefficient (Wildman–Crippen LogP) is 6.37. The molecule has 1 aliphatic carbocycles. The van der Waals surface area contributed by atoms with Crippen LogP contribution in [0.1, 0.15) is 58.9 Å². The van der Waals surface area contributed by atoms with Crippen LogP contribution in [0.2, 0.25) is 0 Å². The summed E-state index contributed by atoms with van der Waals surface area (Å²) >= 11 is 0. The highest BCUT2D eigenvalue weighted by Gasteiger charge is 2.29. The minimum absolute atomic E-state index is 0.387.